The predicted octanol–water partition coefficient (Wildman–Crippen LogP) is 6.10. The van der Waals surface area contributed by atoms with E-state index in [1.165, 1.54) is 7.11 Å². The van der Waals surface area contributed by atoms with Crippen LogP contribution < -0.4 is 0 Å². The molecule has 5 rings (SSSR count). The number of hydrogen-bond acceptors (Lipinski definition) is 7. The number of carbonyl (C=O) groups excluding carboxylic acids is 3. The van der Waals surface area contributed by atoms with E-state index in [2.05, 4.69) is 24.3 Å². The summed E-state index contributed by atoms with van der Waals surface area (Å²) in [5.74, 6) is -2.73. The fraction of sp³-hybridized carbons (Fsp3) is 0.629. The van der Waals surface area contributed by atoms with E-state index in [1.807, 2.05) is 40.7 Å². The van der Waals surface area contributed by atoms with Gasteiger partial charge in [-0.2, -0.15) is 0 Å². The summed E-state index contributed by atoms with van der Waals surface area (Å²) in [5.41, 5.74) is -2.50. The minimum Gasteiger partial charge on any atom is -0.511 e. The highest BCUT2D eigenvalue weighted by Gasteiger charge is 2.66. The number of ether oxygens (including phenoxy) is 2. The zero-order valence-corrected chi connectivity index (χ0v) is 25.8. The quantitative estimate of drug-likeness (QED) is 0.237. The van der Waals surface area contributed by atoms with Crippen molar-refractivity contribution in [1.82, 2.24) is 0 Å². The zero-order valence-electron chi connectivity index (χ0n) is 25.8. The van der Waals surface area contributed by atoms with Gasteiger partial charge in [-0.25, -0.2) is 9.59 Å². The molecule has 9 atom stereocenters. The molecule has 1 saturated heterocycles. The molecule has 1 saturated carbocycles. The highest BCUT2D eigenvalue weighted by Crippen LogP contribution is 2.61. The van der Waals surface area contributed by atoms with Crippen molar-refractivity contribution in [2.45, 2.75) is 91.3 Å². The number of hydrogen-bond donors (Lipinski definition) is 2. The molecule has 4 aliphatic carbocycles. The monoisotopic (exact) mass is 578 g/mol. The molecule has 0 aromatic rings. The van der Waals surface area contributed by atoms with Crippen LogP contribution in [0.5, 0.6) is 0 Å². The summed E-state index contributed by atoms with van der Waals surface area (Å²) >= 11 is 0. The average molecular weight is 579 g/mol. The van der Waals surface area contributed by atoms with E-state index < -0.39 is 40.3 Å². The standard InChI is InChI=1S/C35H46O7/c1-7-22-18-35-30(38)27(32(40)42-35)29(37)34(8-2)23(14-15-24-26(34)16-13-21(4)28(24)36)12-10-9-11-20(3)17-33(35,5)19-25(22)31(39)41-6/h9-10,14-15,17,19,21-24,26,28,36-37H,7-8,11-13,16,18H2,1-6H3/t21-,22-,23+,24-,26+,28-,33-,34+,35+/m0/s1. The lowest BCUT2D eigenvalue weighted by molar-refractivity contribution is -0.163. The van der Waals surface area contributed by atoms with Crippen molar-refractivity contribution in [3.8, 4) is 0 Å². The number of Topliss-reactive ketones (excluding diaryl/α,β-unsaturated/α-hetero) is 1. The molecule has 1 heterocycles. The Balaban J connectivity index is 1.78. The first-order valence-corrected chi connectivity index (χ1v) is 15.6. The van der Waals surface area contributed by atoms with E-state index in [0.29, 0.717) is 31.3 Å². The van der Waals surface area contributed by atoms with E-state index in [0.717, 1.165) is 18.4 Å². The van der Waals surface area contributed by atoms with Gasteiger partial charge < -0.3 is 19.7 Å². The Kier molecular flexibility index (Phi) is 7.97. The van der Waals surface area contributed by atoms with Gasteiger partial charge in [0, 0.05) is 23.3 Å². The molecule has 2 fully saturated rings. The molecule has 0 aromatic carbocycles. The van der Waals surface area contributed by atoms with Gasteiger partial charge in [-0.3, -0.25) is 4.79 Å². The van der Waals surface area contributed by atoms with Crippen molar-refractivity contribution in [3.63, 3.8) is 0 Å². The van der Waals surface area contributed by atoms with Crippen LogP contribution in [0.15, 0.2) is 58.9 Å². The lowest BCUT2D eigenvalue weighted by atomic mass is 9.51. The second-order valence-electron chi connectivity index (χ2n) is 13.5. The van der Waals surface area contributed by atoms with Crippen molar-refractivity contribution < 1.29 is 34.1 Å². The Morgan fingerprint density at radius 2 is 1.88 bits per heavy atom. The molecule has 2 N–H and O–H groups in total. The molecular weight excluding hydrogens is 532 g/mol. The Labute approximate surface area is 249 Å². The normalized spacial score (nSPS) is 41.7. The Hall–Kier alpha value is -2.93. The van der Waals surface area contributed by atoms with Crippen LogP contribution in [0, 0.1) is 40.4 Å². The van der Waals surface area contributed by atoms with Gasteiger partial charge in [-0.15, -0.1) is 0 Å². The number of aliphatic hydroxyl groups is 2. The van der Waals surface area contributed by atoms with Gasteiger partial charge in [0.1, 0.15) is 11.3 Å². The summed E-state index contributed by atoms with van der Waals surface area (Å²) in [6.45, 7) is 9.79. The summed E-state index contributed by atoms with van der Waals surface area (Å²) < 4.78 is 11.3. The molecule has 5 aliphatic rings. The molecule has 1 spiro atoms. The maximum atomic E-state index is 14.8. The Bertz CT molecular complexity index is 1320. The molecule has 0 unspecified atom stereocenters. The summed E-state index contributed by atoms with van der Waals surface area (Å²) in [4.78, 5) is 41.6. The first-order valence-electron chi connectivity index (χ1n) is 15.6. The van der Waals surface area contributed by atoms with Crippen molar-refractivity contribution in [2.75, 3.05) is 7.11 Å². The summed E-state index contributed by atoms with van der Waals surface area (Å²) in [6, 6.07) is 0. The van der Waals surface area contributed by atoms with Crippen LogP contribution in [0.25, 0.3) is 0 Å². The second-order valence-corrected chi connectivity index (χ2v) is 13.5. The number of esters is 2. The third-order valence-corrected chi connectivity index (χ3v) is 11.3. The number of carbonyl (C=O) groups is 3. The fourth-order valence-electron chi connectivity index (χ4n) is 8.97. The molecule has 7 heteroatoms. The fourth-order valence-corrected chi connectivity index (χ4v) is 8.97. The van der Waals surface area contributed by atoms with Crippen LogP contribution >= 0.6 is 0 Å². The van der Waals surface area contributed by atoms with Crippen molar-refractivity contribution in [2.24, 2.45) is 40.4 Å². The minimum absolute atomic E-state index is 0.117. The van der Waals surface area contributed by atoms with Crippen LogP contribution in [0.3, 0.4) is 0 Å². The molecule has 1 aliphatic heterocycles. The molecule has 7 nitrogen and oxygen atoms in total. The highest BCUT2D eigenvalue weighted by molar-refractivity contribution is 6.26. The van der Waals surface area contributed by atoms with Crippen molar-refractivity contribution in [3.05, 3.63) is 58.9 Å². The topological polar surface area (TPSA) is 110 Å². The summed E-state index contributed by atoms with van der Waals surface area (Å²) in [6.07, 6.45) is 15.5. The third kappa shape index (κ3) is 4.29. The van der Waals surface area contributed by atoms with Gasteiger partial charge in [0.25, 0.3) is 0 Å². The smallest absolute Gasteiger partial charge is 0.346 e. The maximum absolute atomic E-state index is 14.8. The Morgan fingerprint density at radius 1 is 1.14 bits per heavy atom. The van der Waals surface area contributed by atoms with Gasteiger partial charge in [-0.05, 0) is 76.0 Å². The van der Waals surface area contributed by atoms with Gasteiger partial charge in [-0.1, -0.05) is 62.8 Å². The maximum Gasteiger partial charge on any atom is 0.346 e. The molecular formula is C35H46O7. The van der Waals surface area contributed by atoms with E-state index in [1.54, 1.807) is 6.08 Å². The van der Waals surface area contributed by atoms with Crippen LogP contribution in [0.4, 0.5) is 0 Å². The number of allylic oxidation sites excluding steroid dienone is 5. The molecule has 2 bridgehead atoms. The van der Waals surface area contributed by atoms with Crippen LogP contribution in [-0.2, 0) is 23.9 Å². The summed E-state index contributed by atoms with van der Waals surface area (Å²) in [7, 11) is 1.34. The van der Waals surface area contributed by atoms with Crippen molar-refractivity contribution >= 4 is 17.7 Å². The first kappa shape index (κ1) is 30.5. The predicted molar refractivity (Wildman–Crippen MR) is 159 cm³/mol. The van der Waals surface area contributed by atoms with Gasteiger partial charge in [0.2, 0.25) is 5.78 Å². The van der Waals surface area contributed by atoms with Gasteiger partial charge in [0.15, 0.2) is 5.60 Å². The molecule has 0 amide bonds. The van der Waals surface area contributed by atoms with Crippen LogP contribution in [-0.4, -0.2) is 46.7 Å². The SMILES string of the molecule is CC[C@H]1C[C@]23OC(=O)C(=C(O)[C@@]4(CC)[C@@H]5CC[C@H](C)[C@H](O)[C@H]5C=C[C@H]4CC=CCC(C)=C[C@@]2(C)C=C1C(=O)OC)C3=O. The number of methoxy groups -OCH3 is 1. The van der Waals surface area contributed by atoms with Gasteiger partial charge >= 0.3 is 11.9 Å². The molecule has 0 aromatic heterocycles. The van der Waals surface area contributed by atoms with Crippen LogP contribution in [0.2, 0.25) is 0 Å². The lowest BCUT2D eigenvalue weighted by Gasteiger charge is -2.54. The number of aliphatic hydroxyl groups excluding tert-OH is 2. The first-order chi connectivity index (χ1) is 19.9. The average Bonchev–Trinajstić information content (AvgIpc) is 3.22. The Morgan fingerprint density at radius 3 is 2.55 bits per heavy atom. The zero-order chi connectivity index (χ0) is 30.6. The van der Waals surface area contributed by atoms with Gasteiger partial charge in [0.05, 0.1) is 18.6 Å². The molecule has 228 valence electrons. The number of ketones is 1. The lowest BCUT2D eigenvalue weighted by Crippen LogP contribution is -2.55. The van der Waals surface area contributed by atoms with E-state index in [9.17, 15) is 24.6 Å². The van der Waals surface area contributed by atoms with Crippen molar-refractivity contribution in [1.29, 1.82) is 0 Å². The minimum atomic E-state index is -1.61. The van der Waals surface area contributed by atoms with E-state index in [4.69, 9.17) is 9.47 Å². The van der Waals surface area contributed by atoms with E-state index in [-0.39, 0.29) is 47.3 Å². The highest BCUT2D eigenvalue weighted by atomic mass is 16.6. The van der Waals surface area contributed by atoms with E-state index >= 15 is 0 Å². The third-order valence-electron chi connectivity index (χ3n) is 11.3. The van der Waals surface area contributed by atoms with Crippen LogP contribution in [0.1, 0.15) is 79.6 Å². The summed E-state index contributed by atoms with van der Waals surface area (Å²) in [5, 5.41) is 23.6. The molecule has 42 heavy (non-hydrogen) atoms. The molecule has 0 radical (unpaired) electrons. The largest absolute Gasteiger partial charge is 0.511 e. The number of fused-ring (bicyclic) bond motifs is 4. The number of rotatable bonds is 3. The second kappa shape index (κ2) is 11.0.